The number of rotatable bonds is 6. The molecule has 1 aromatic rings. The van der Waals surface area contributed by atoms with Crippen LogP contribution in [0.5, 0.6) is 0 Å². The molecule has 0 aromatic heterocycles. The van der Waals surface area contributed by atoms with Crippen LogP contribution in [0.4, 0.5) is 5.69 Å². The van der Waals surface area contributed by atoms with Gasteiger partial charge in [0.2, 0.25) is 0 Å². The van der Waals surface area contributed by atoms with Gasteiger partial charge in [0.25, 0.3) is 5.91 Å². The Balaban J connectivity index is 2.70. The van der Waals surface area contributed by atoms with E-state index >= 15 is 0 Å². The molecule has 0 bridgehead atoms. The number of aliphatic carboxylic acids is 1. The molecule has 0 aliphatic rings. The number of amides is 1. The summed E-state index contributed by atoms with van der Waals surface area (Å²) in [5.41, 5.74) is 1.49. The zero-order valence-corrected chi connectivity index (χ0v) is 11.5. The van der Waals surface area contributed by atoms with Crippen molar-refractivity contribution in [2.75, 3.05) is 18.5 Å². The van der Waals surface area contributed by atoms with E-state index in [-0.39, 0.29) is 5.91 Å². The van der Waals surface area contributed by atoms with Crippen LogP contribution in [-0.4, -0.2) is 36.6 Å². The normalized spacial score (nSPS) is 11.7. The number of carbonyl (C=O) groups is 2. The molecule has 0 aliphatic carbocycles. The molecule has 0 radical (unpaired) electrons. The minimum absolute atomic E-state index is 0.375. The van der Waals surface area contributed by atoms with Crippen molar-refractivity contribution < 1.29 is 14.7 Å². The Kier molecular flexibility index (Phi) is 5.36. The number of nitrogens with zero attached hydrogens (tertiary/aromatic N) is 1. The van der Waals surface area contributed by atoms with Crippen molar-refractivity contribution in [1.29, 1.82) is 0 Å². The van der Waals surface area contributed by atoms with Crippen molar-refractivity contribution in [3.63, 3.8) is 0 Å². The number of carboxylic acids is 1. The summed E-state index contributed by atoms with van der Waals surface area (Å²) < 4.78 is 0. The van der Waals surface area contributed by atoms with Gasteiger partial charge in [-0.05, 0) is 37.6 Å². The van der Waals surface area contributed by atoms with E-state index in [1.807, 2.05) is 19.2 Å². The Morgan fingerprint density at radius 2 is 1.89 bits per heavy atom. The number of carbonyl (C=O) groups excluding carboxylic acids is 1. The van der Waals surface area contributed by atoms with Gasteiger partial charge in [0.15, 0.2) is 0 Å². The standard InChI is InChI=1S/C14H20N2O3/c1-4-9-16(3)12-7-5-11(6-8-12)13(17)15-10(2)14(18)19/h5-8,10H,4,9H2,1-3H3,(H,15,17)(H,18,19)/t10-/m0/s1. The van der Waals surface area contributed by atoms with E-state index in [4.69, 9.17) is 5.11 Å². The highest BCUT2D eigenvalue weighted by Crippen LogP contribution is 2.14. The van der Waals surface area contributed by atoms with E-state index in [1.165, 1.54) is 6.92 Å². The molecule has 19 heavy (non-hydrogen) atoms. The first kappa shape index (κ1) is 15.0. The Hall–Kier alpha value is -2.04. The summed E-state index contributed by atoms with van der Waals surface area (Å²) in [5, 5.41) is 11.1. The van der Waals surface area contributed by atoms with E-state index < -0.39 is 12.0 Å². The molecule has 0 saturated carbocycles. The molecule has 1 rings (SSSR count). The Bertz CT molecular complexity index is 443. The molecular formula is C14H20N2O3. The van der Waals surface area contributed by atoms with E-state index in [1.54, 1.807) is 12.1 Å². The van der Waals surface area contributed by atoms with Crippen LogP contribution in [-0.2, 0) is 4.79 Å². The highest BCUT2D eigenvalue weighted by Gasteiger charge is 2.15. The predicted molar refractivity (Wildman–Crippen MR) is 74.6 cm³/mol. The topological polar surface area (TPSA) is 69.6 Å². The third kappa shape index (κ3) is 4.28. The lowest BCUT2D eigenvalue weighted by atomic mass is 10.1. The fourth-order valence-electron chi connectivity index (χ4n) is 1.67. The monoisotopic (exact) mass is 264 g/mol. The van der Waals surface area contributed by atoms with Crippen LogP contribution in [0.15, 0.2) is 24.3 Å². The van der Waals surface area contributed by atoms with Gasteiger partial charge in [0, 0.05) is 24.8 Å². The van der Waals surface area contributed by atoms with Gasteiger partial charge in [-0.25, -0.2) is 0 Å². The number of carboxylic acid groups (broad SMARTS) is 1. The average Bonchev–Trinajstić information content (AvgIpc) is 2.39. The number of hydrogen-bond donors (Lipinski definition) is 2. The van der Waals surface area contributed by atoms with Gasteiger partial charge in [-0.3, -0.25) is 9.59 Å². The zero-order valence-electron chi connectivity index (χ0n) is 11.5. The molecule has 104 valence electrons. The summed E-state index contributed by atoms with van der Waals surface area (Å²) in [7, 11) is 1.99. The van der Waals surface area contributed by atoms with Gasteiger partial charge in [-0.2, -0.15) is 0 Å². The molecular weight excluding hydrogens is 244 g/mol. The van der Waals surface area contributed by atoms with Crippen LogP contribution in [0.3, 0.4) is 0 Å². The second-order valence-electron chi connectivity index (χ2n) is 4.50. The molecule has 1 amide bonds. The third-order valence-corrected chi connectivity index (χ3v) is 2.85. The smallest absolute Gasteiger partial charge is 0.325 e. The summed E-state index contributed by atoms with van der Waals surface area (Å²) in [6, 6.07) is 6.22. The van der Waals surface area contributed by atoms with Crippen molar-refractivity contribution in [3.8, 4) is 0 Å². The fraction of sp³-hybridized carbons (Fsp3) is 0.429. The lowest BCUT2D eigenvalue weighted by Gasteiger charge is -2.18. The van der Waals surface area contributed by atoms with Gasteiger partial charge in [-0.15, -0.1) is 0 Å². The van der Waals surface area contributed by atoms with Crippen LogP contribution in [0, 0.1) is 0 Å². The summed E-state index contributed by atoms with van der Waals surface area (Å²) in [5.74, 6) is -1.42. The van der Waals surface area contributed by atoms with Crippen molar-refractivity contribution in [1.82, 2.24) is 5.32 Å². The fourth-order valence-corrected chi connectivity index (χ4v) is 1.67. The molecule has 2 N–H and O–H groups in total. The highest BCUT2D eigenvalue weighted by atomic mass is 16.4. The summed E-state index contributed by atoms with van der Waals surface area (Å²) >= 11 is 0. The molecule has 0 fully saturated rings. The first-order valence-corrected chi connectivity index (χ1v) is 6.30. The van der Waals surface area contributed by atoms with E-state index in [2.05, 4.69) is 17.1 Å². The van der Waals surface area contributed by atoms with E-state index in [0.29, 0.717) is 5.56 Å². The minimum atomic E-state index is -1.05. The van der Waals surface area contributed by atoms with E-state index in [9.17, 15) is 9.59 Å². The van der Waals surface area contributed by atoms with Crippen molar-refractivity contribution in [2.45, 2.75) is 26.3 Å². The van der Waals surface area contributed by atoms with Crippen LogP contribution in [0.2, 0.25) is 0 Å². The van der Waals surface area contributed by atoms with Gasteiger partial charge in [0.1, 0.15) is 6.04 Å². The number of benzene rings is 1. The lowest BCUT2D eigenvalue weighted by Crippen LogP contribution is -2.38. The molecule has 1 atom stereocenters. The first-order valence-electron chi connectivity index (χ1n) is 6.30. The van der Waals surface area contributed by atoms with Gasteiger partial charge in [0.05, 0.1) is 0 Å². The second-order valence-corrected chi connectivity index (χ2v) is 4.50. The number of hydrogen-bond acceptors (Lipinski definition) is 3. The Morgan fingerprint density at radius 3 is 2.37 bits per heavy atom. The van der Waals surface area contributed by atoms with Crippen LogP contribution < -0.4 is 10.2 Å². The SMILES string of the molecule is CCCN(C)c1ccc(C(=O)N[C@@H](C)C(=O)O)cc1. The van der Waals surface area contributed by atoms with Crippen molar-refractivity contribution >= 4 is 17.6 Å². The predicted octanol–water partition coefficient (Wildman–Crippen LogP) is 1.74. The molecule has 1 aromatic carbocycles. The summed E-state index contributed by atoms with van der Waals surface area (Å²) in [6.07, 6.45) is 1.05. The molecule has 5 heteroatoms. The average molecular weight is 264 g/mol. The summed E-state index contributed by atoms with van der Waals surface area (Å²) in [6.45, 7) is 4.48. The van der Waals surface area contributed by atoms with Crippen LogP contribution in [0.1, 0.15) is 30.6 Å². The van der Waals surface area contributed by atoms with E-state index in [0.717, 1.165) is 18.7 Å². The molecule has 0 unspecified atom stereocenters. The maximum atomic E-state index is 11.8. The van der Waals surface area contributed by atoms with Gasteiger partial charge < -0.3 is 15.3 Å². The molecule has 0 spiro atoms. The summed E-state index contributed by atoms with van der Waals surface area (Å²) in [4.78, 5) is 24.5. The third-order valence-electron chi connectivity index (χ3n) is 2.85. The number of nitrogens with one attached hydrogen (secondary N) is 1. The molecule has 0 saturated heterocycles. The lowest BCUT2D eigenvalue weighted by molar-refractivity contribution is -0.138. The molecule has 0 heterocycles. The highest BCUT2D eigenvalue weighted by molar-refractivity contribution is 5.96. The van der Waals surface area contributed by atoms with Crippen LogP contribution >= 0.6 is 0 Å². The van der Waals surface area contributed by atoms with Crippen LogP contribution in [0.25, 0.3) is 0 Å². The maximum absolute atomic E-state index is 11.8. The first-order chi connectivity index (χ1) is 8.95. The van der Waals surface area contributed by atoms with Crippen molar-refractivity contribution in [2.24, 2.45) is 0 Å². The Morgan fingerprint density at radius 1 is 1.32 bits per heavy atom. The maximum Gasteiger partial charge on any atom is 0.325 e. The molecule has 0 aliphatic heterocycles. The molecule has 5 nitrogen and oxygen atoms in total. The van der Waals surface area contributed by atoms with Gasteiger partial charge >= 0.3 is 5.97 Å². The van der Waals surface area contributed by atoms with Crippen molar-refractivity contribution in [3.05, 3.63) is 29.8 Å². The minimum Gasteiger partial charge on any atom is -0.480 e. The zero-order chi connectivity index (χ0) is 14.4. The largest absolute Gasteiger partial charge is 0.480 e. The Labute approximate surface area is 113 Å². The van der Waals surface area contributed by atoms with Gasteiger partial charge in [-0.1, -0.05) is 6.92 Å². The number of anilines is 1. The second kappa shape index (κ2) is 6.78. The quantitative estimate of drug-likeness (QED) is 0.821.